The molecule has 1 N–H and O–H groups in total. The average molecular weight is 416 g/mol. The standard InChI is InChI=1S/C19H14ClN3O4S/c20-14-5-8-16(9-6-14)28-19-10-7-15(27-19)12-21-22-18(24)11-13-3-1-2-4-17(13)23(25)26/h1-10,12H,11H2,(H,22,24)/b21-12+. The lowest BCUT2D eigenvalue weighted by atomic mass is 10.1. The first-order valence-corrected chi connectivity index (χ1v) is 9.28. The second-order valence-electron chi connectivity index (χ2n) is 5.57. The first-order valence-electron chi connectivity index (χ1n) is 8.09. The van der Waals surface area contributed by atoms with E-state index in [-0.39, 0.29) is 12.1 Å². The molecular weight excluding hydrogens is 402 g/mol. The molecule has 3 aromatic rings. The first kappa shape index (κ1) is 19.7. The van der Waals surface area contributed by atoms with E-state index >= 15 is 0 Å². The summed E-state index contributed by atoms with van der Waals surface area (Å²) in [5.41, 5.74) is 2.56. The van der Waals surface area contributed by atoms with Gasteiger partial charge in [0.25, 0.3) is 5.69 Å². The number of rotatable bonds is 7. The van der Waals surface area contributed by atoms with E-state index in [9.17, 15) is 14.9 Å². The third kappa shape index (κ3) is 5.45. The maximum Gasteiger partial charge on any atom is 0.273 e. The Labute approximate surface area is 169 Å². The molecule has 0 fully saturated rings. The van der Waals surface area contributed by atoms with Gasteiger partial charge >= 0.3 is 0 Å². The Hall–Kier alpha value is -3.10. The highest BCUT2D eigenvalue weighted by molar-refractivity contribution is 7.99. The molecule has 0 aliphatic heterocycles. The normalized spacial score (nSPS) is 10.9. The van der Waals surface area contributed by atoms with E-state index in [1.54, 1.807) is 36.4 Å². The summed E-state index contributed by atoms with van der Waals surface area (Å²) in [4.78, 5) is 23.4. The van der Waals surface area contributed by atoms with Crippen LogP contribution in [0, 0.1) is 10.1 Å². The lowest BCUT2D eigenvalue weighted by Crippen LogP contribution is -2.20. The van der Waals surface area contributed by atoms with Crippen LogP contribution in [0.1, 0.15) is 11.3 Å². The maximum atomic E-state index is 12.0. The Kier molecular flexibility index (Phi) is 6.46. The highest BCUT2D eigenvalue weighted by Gasteiger charge is 2.15. The third-order valence-electron chi connectivity index (χ3n) is 3.55. The number of hydrogen-bond acceptors (Lipinski definition) is 6. The summed E-state index contributed by atoms with van der Waals surface area (Å²) in [7, 11) is 0. The van der Waals surface area contributed by atoms with Gasteiger partial charge < -0.3 is 4.42 Å². The van der Waals surface area contributed by atoms with Crippen LogP contribution in [-0.2, 0) is 11.2 Å². The van der Waals surface area contributed by atoms with Crippen molar-refractivity contribution in [1.82, 2.24) is 5.43 Å². The van der Waals surface area contributed by atoms with Gasteiger partial charge in [-0.05, 0) is 36.4 Å². The molecule has 28 heavy (non-hydrogen) atoms. The monoisotopic (exact) mass is 415 g/mol. The van der Waals surface area contributed by atoms with Gasteiger partial charge in [-0.25, -0.2) is 5.43 Å². The zero-order chi connectivity index (χ0) is 19.9. The molecule has 0 aliphatic rings. The van der Waals surface area contributed by atoms with Gasteiger partial charge in [0, 0.05) is 21.5 Å². The molecule has 1 heterocycles. The molecule has 0 radical (unpaired) electrons. The average Bonchev–Trinajstić information content (AvgIpc) is 3.11. The zero-order valence-corrected chi connectivity index (χ0v) is 15.9. The number of nitro benzene ring substituents is 1. The summed E-state index contributed by atoms with van der Waals surface area (Å²) in [6, 6.07) is 16.9. The van der Waals surface area contributed by atoms with E-state index in [1.165, 1.54) is 30.1 Å². The summed E-state index contributed by atoms with van der Waals surface area (Å²) in [5, 5.41) is 16.1. The second-order valence-corrected chi connectivity index (χ2v) is 7.08. The molecule has 9 heteroatoms. The van der Waals surface area contributed by atoms with Gasteiger partial charge in [0.05, 0.1) is 17.6 Å². The molecule has 142 valence electrons. The van der Waals surface area contributed by atoms with Crippen LogP contribution in [0.5, 0.6) is 0 Å². The number of amides is 1. The lowest BCUT2D eigenvalue weighted by Gasteiger charge is -2.01. The molecule has 1 amide bonds. The number of hydrogen-bond donors (Lipinski definition) is 1. The number of halogens is 1. The van der Waals surface area contributed by atoms with E-state index in [0.717, 1.165) is 4.90 Å². The summed E-state index contributed by atoms with van der Waals surface area (Å²) < 4.78 is 5.61. The molecule has 7 nitrogen and oxygen atoms in total. The zero-order valence-electron chi connectivity index (χ0n) is 14.4. The van der Waals surface area contributed by atoms with Crippen molar-refractivity contribution in [3.05, 3.63) is 87.1 Å². The highest BCUT2D eigenvalue weighted by Crippen LogP contribution is 2.29. The number of furan rings is 1. The molecular formula is C19H14ClN3O4S. The number of nitro groups is 1. The van der Waals surface area contributed by atoms with Crippen LogP contribution in [-0.4, -0.2) is 17.0 Å². The molecule has 2 aromatic carbocycles. The van der Waals surface area contributed by atoms with E-state index in [1.807, 2.05) is 12.1 Å². The number of nitrogens with one attached hydrogen (secondary N) is 1. The molecule has 1 aromatic heterocycles. The highest BCUT2D eigenvalue weighted by atomic mass is 35.5. The van der Waals surface area contributed by atoms with Gasteiger partial charge in [-0.3, -0.25) is 14.9 Å². The van der Waals surface area contributed by atoms with Crippen LogP contribution in [0.25, 0.3) is 0 Å². The van der Waals surface area contributed by atoms with E-state index in [0.29, 0.717) is 21.4 Å². The van der Waals surface area contributed by atoms with Gasteiger partial charge in [0.15, 0.2) is 5.09 Å². The smallest absolute Gasteiger partial charge is 0.273 e. The summed E-state index contributed by atoms with van der Waals surface area (Å²) >= 11 is 7.28. The van der Waals surface area contributed by atoms with Gasteiger partial charge in [0.2, 0.25) is 5.91 Å². The third-order valence-corrected chi connectivity index (χ3v) is 4.74. The number of para-hydroxylation sites is 1. The number of benzene rings is 2. The van der Waals surface area contributed by atoms with Gasteiger partial charge in [-0.15, -0.1) is 0 Å². The largest absolute Gasteiger partial charge is 0.448 e. The van der Waals surface area contributed by atoms with Crippen LogP contribution in [0.15, 0.2) is 80.2 Å². The Morgan fingerprint density at radius 1 is 1.18 bits per heavy atom. The Bertz CT molecular complexity index is 1020. The van der Waals surface area contributed by atoms with Crippen molar-refractivity contribution in [1.29, 1.82) is 0 Å². The lowest BCUT2D eigenvalue weighted by molar-refractivity contribution is -0.385. The predicted molar refractivity (Wildman–Crippen MR) is 107 cm³/mol. The Morgan fingerprint density at radius 2 is 1.93 bits per heavy atom. The van der Waals surface area contributed by atoms with Crippen LogP contribution >= 0.6 is 23.4 Å². The topological polar surface area (TPSA) is 97.7 Å². The number of carbonyl (C=O) groups is 1. The minimum absolute atomic E-state index is 0.100. The molecule has 0 aliphatic carbocycles. The van der Waals surface area contributed by atoms with Crippen molar-refractivity contribution in [2.24, 2.45) is 5.10 Å². The van der Waals surface area contributed by atoms with Crippen LogP contribution in [0.2, 0.25) is 5.02 Å². The van der Waals surface area contributed by atoms with Crippen LogP contribution in [0.4, 0.5) is 5.69 Å². The van der Waals surface area contributed by atoms with E-state index < -0.39 is 10.8 Å². The van der Waals surface area contributed by atoms with Gasteiger partial charge in [-0.2, -0.15) is 5.10 Å². The summed E-state index contributed by atoms with van der Waals surface area (Å²) in [5.74, 6) is -0.00433. The molecule has 0 saturated carbocycles. The molecule has 0 saturated heterocycles. The summed E-state index contributed by atoms with van der Waals surface area (Å²) in [6.07, 6.45) is 1.22. The Balaban J connectivity index is 1.55. The van der Waals surface area contributed by atoms with Gasteiger partial charge in [0.1, 0.15) is 5.76 Å². The fraction of sp³-hybridized carbons (Fsp3) is 0.0526. The Morgan fingerprint density at radius 3 is 2.68 bits per heavy atom. The fourth-order valence-electron chi connectivity index (χ4n) is 2.30. The van der Waals surface area contributed by atoms with E-state index in [2.05, 4.69) is 10.5 Å². The molecule has 3 rings (SSSR count). The molecule has 0 atom stereocenters. The fourth-order valence-corrected chi connectivity index (χ4v) is 3.20. The number of hydrazone groups is 1. The number of carbonyl (C=O) groups excluding carboxylic acids is 1. The quantitative estimate of drug-likeness (QED) is 0.343. The van der Waals surface area contributed by atoms with Crippen molar-refractivity contribution in [2.75, 3.05) is 0 Å². The maximum absolute atomic E-state index is 12.0. The van der Waals surface area contributed by atoms with Crippen molar-refractivity contribution in [2.45, 2.75) is 16.4 Å². The first-order chi connectivity index (χ1) is 13.5. The molecule has 0 unspecified atom stereocenters. The molecule has 0 spiro atoms. The minimum Gasteiger partial charge on any atom is -0.448 e. The van der Waals surface area contributed by atoms with Crippen molar-refractivity contribution >= 4 is 41.2 Å². The van der Waals surface area contributed by atoms with E-state index in [4.69, 9.17) is 16.0 Å². The van der Waals surface area contributed by atoms with Crippen LogP contribution in [0.3, 0.4) is 0 Å². The van der Waals surface area contributed by atoms with Crippen molar-refractivity contribution < 1.29 is 14.1 Å². The minimum atomic E-state index is -0.519. The van der Waals surface area contributed by atoms with Crippen molar-refractivity contribution in [3.63, 3.8) is 0 Å². The van der Waals surface area contributed by atoms with Gasteiger partial charge in [-0.1, -0.05) is 41.6 Å². The second kappa shape index (κ2) is 9.20. The number of nitrogens with zero attached hydrogens (tertiary/aromatic N) is 2. The summed E-state index contributed by atoms with van der Waals surface area (Å²) in [6.45, 7) is 0. The SMILES string of the molecule is O=C(Cc1ccccc1[N+](=O)[O-])N/N=C/c1ccc(Sc2ccc(Cl)cc2)o1. The van der Waals surface area contributed by atoms with Crippen molar-refractivity contribution in [3.8, 4) is 0 Å². The van der Waals surface area contributed by atoms with Crippen LogP contribution < -0.4 is 5.43 Å². The molecule has 0 bridgehead atoms. The predicted octanol–water partition coefficient (Wildman–Crippen LogP) is 4.69.